The van der Waals surface area contributed by atoms with Crippen LogP contribution in [0.1, 0.15) is 6.92 Å². The van der Waals surface area contributed by atoms with Crippen LogP contribution in [-0.2, 0) is 10.0 Å². The second-order valence-corrected chi connectivity index (χ2v) is 5.38. The van der Waals surface area contributed by atoms with E-state index in [4.69, 9.17) is 9.88 Å². The third-order valence-electron chi connectivity index (χ3n) is 2.54. The van der Waals surface area contributed by atoms with Crippen LogP contribution >= 0.6 is 0 Å². The van der Waals surface area contributed by atoms with Crippen LogP contribution in [0, 0.1) is 0 Å². The summed E-state index contributed by atoms with van der Waals surface area (Å²) in [5.74, 6) is 0.129. The highest BCUT2D eigenvalue weighted by Crippen LogP contribution is 2.26. The Hall–Kier alpha value is -1.80. The van der Waals surface area contributed by atoms with E-state index in [0.29, 0.717) is 12.2 Å². The number of urea groups is 1. The van der Waals surface area contributed by atoms with Crippen LogP contribution in [-0.4, -0.2) is 40.1 Å². The largest absolute Gasteiger partial charge is 0.495 e. The first-order valence-electron chi connectivity index (χ1n) is 5.52. The molecule has 1 rings (SSSR count). The second-order valence-electron chi connectivity index (χ2n) is 3.85. The fourth-order valence-electron chi connectivity index (χ4n) is 1.34. The van der Waals surface area contributed by atoms with Gasteiger partial charge in [0.1, 0.15) is 10.6 Å². The number of hydrogen-bond donors (Lipinski definition) is 2. The molecule has 0 bridgehead atoms. The quantitative estimate of drug-likeness (QED) is 0.856. The van der Waals surface area contributed by atoms with E-state index in [9.17, 15) is 13.2 Å². The van der Waals surface area contributed by atoms with E-state index in [1.807, 2.05) is 6.92 Å². The van der Waals surface area contributed by atoms with Gasteiger partial charge in [0.2, 0.25) is 10.0 Å². The molecular weight excluding hydrogens is 270 g/mol. The monoisotopic (exact) mass is 287 g/mol. The summed E-state index contributed by atoms with van der Waals surface area (Å²) in [4.78, 5) is 12.9. The highest BCUT2D eigenvalue weighted by Gasteiger charge is 2.16. The minimum atomic E-state index is -3.92. The van der Waals surface area contributed by atoms with Crippen LogP contribution in [0.2, 0.25) is 0 Å². The smallest absolute Gasteiger partial charge is 0.321 e. The van der Waals surface area contributed by atoms with Gasteiger partial charge in [-0.25, -0.2) is 18.4 Å². The molecule has 19 heavy (non-hydrogen) atoms. The van der Waals surface area contributed by atoms with Gasteiger partial charge in [0, 0.05) is 19.3 Å². The van der Waals surface area contributed by atoms with Gasteiger partial charge in [-0.1, -0.05) is 0 Å². The minimum absolute atomic E-state index is 0.129. The van der Waals surface area contributed by atoms with E-state index in [2.05, 4.69) is 5.32 Å². The number of nitrogens with zero attached hydrogens (tertiary/aromatic N) is 1. The first-order valence-corrected chi connectivity index (χ1v) is 7.07. The van der Waals surface area contributed by atoms with Crippen molar-refractivity contribution in [1.82, 2.24) is 4.90 Å². The Kier molecular flexibility index (Phi) is 4.73. The molecule has 3 N–H and O–H groups in total. The summed E-state index contributed by atoms with van der Waals surface area (Å²) in [7, 11) is -0.955. The molecule has 0 radical (unpaired) electrons. The molecule has 0 aromatic heterocycles. The zero-order chi connectivity index (χ0) is 14.6. The lowest BCUT2D eigenvalue weighted by molar-refractivity contribution is 0.224. The highest BCUT2D eigenvalue weighted by molar-refractivity contribution is 7.89. The fourth-order valence-corrected chi connectivity index (χ4v) is 2.06. The molecule has 0 unspecified atom stereocenters. The predicted molar refractivity (Wildman–Crippen MR) is 71.7 cm³/mol. The molecule has 0 atom stereocenters. The van der Waals surface area contributed by atoms with Gasteiger partial charge in [0.25, 0.3) is 0 Å². The van der Waals surface area contributed by atoms with Crippen LogP contribution in [0.5, 0.6) is 5.75 Å². The van der Waals surface area contributed by atoms with Crippen LogP contribution in [0.15, 0.2) is 23.1 Å². The molecule has 2 amide bonds. The highest BCUT2D eigenvalue weighted by atomic mass is 32.2. The number of primary sulfonamides is 1. The summed E-state index contributed by atoms with van der Waals surface area (Å²) < 4.78 is 27.7. The van der Waals surface area contributed by atoms with E-state index in [-0.39, 0.29) is 16.7 Å². The van der Waals surface area contributed by atoms with Gasteiger partial charge in [0.15, 0.2) is 0 Å². The van der Waals surface area contributed by atoms with Crippen molar-refractivity contribution >= 4 is 21.7 Å². The lowest BCUT2D eigenvalue weighted by Gasteiger charge is -2.16. The fraction of sp³-hybridized carbons (Fsp3) is 0.364. The average Bonchev–Trinajstić information content (AvgIpc) is 2.36. The molecule has 0 fully saturated rings. The molecule has 0 aliphatic heterocycles. The number of carbonyl (C=O) groups is 1. The summed E-state index contributed by atoms with van der Waals surface area (Å²) in [6.45, 7) is 2.35. The summed E-state index contributed by atoms with van der Waals surface area (Å²) in [6.07, 6.45) is 0. The van der Waals surface area contributed by atoms with Gasteiger partial charge >= 0.3 is 6.03 Å². The summed E-state index contributed by atoms with van der Waals surface area (Å²) in [5.41, 5.74) is 0.329. The van der Waals surface area contributed by atoms with E-state index >= 15 is 0 Å². The van der Waals surface area contributed by atoms with Gasteiger partial charge in [-0.05, 0) is 25.1 Å². The number of methoxy groups -OCH3 is 1. The van der Waals surface area contributed by atoms with Crippen molar-refractivity contribution < 1.29 is 17.9 Å². The van der Waals surface area contributed by atoms with Crippen molar-refractivity contribution in [3.05, 3.63) is 18.2 Å². The normalized spacial score (nSPS) is 10.9. The molecule has 1 aromatic carbocycles. The van der Waals surface area contributed by atoms with Crippen molar-refractivity contribution in [1.29, 1.82) is 0 Å². The van der Waals surface area contributed by atoms with Crippen LogP contribution in [0.4, 0.5) is 10.5 Å². The average molecular weight is 287 g/mol. The van der Waals surface area contributed by atoms with Gasteiger partial charge in [-0.15, -0.1) is 0 Å². The Morgan fingerprint density at radius 1 is 1.47 bits per heavy atom. The number of ether oxygens (including phenoxy) is 1. The summed E-state index contributed by atoms with van der Waals surface area (Å²) in [5, 5.41) is 7.66. The van der Waals surface area contributed by atoms with Crippen molar-refractivity contribution in [2.24, 2.45) is 5.14 Å². The van der Waals surface area contributed by atoms with Gasteiger partial charge in [-0.3, -0.25) is 0 Å². The molecule has 0 heterocycles. The summed E-state index contributed by atoms with van der Waals surface area (Å²) in [6, 6.07) is 3.89. The first-order chi connectivity index (χ1) is 8.79. The van der Waals surface area contributed by atoms with Crippen LogP contribution in [0.25, 0.3) is 0 Å². The van der Waals surface area contributed by atoms with Crippen LogP contribution < -0.4 is 15.2 Å². The van der Waals surface area contributed by atoms with Crippen molar-refractivity contribution in [2.45, 2.75) is 11.8 Å². The maximum absolute atomic E-state index is 11.7. The predicted octanol–water partition coefficient (Wildman–Crippen LogP) is 0.826. The molecule has 0 aliphatic carbocycles. The Morgan fingerprint density at radius 3 is 2.58 bits per heavy atom. The number of anilines is 1. The third kappa shape index (κ3) is 3.83. The van der Waals surface area contributed by atoms with Gasteiger partial charge in [0.05, 0.1) is 7.11 Å². The number of carbonyl (C=O) groups excluding carboxylic acids is 1. The van der Waals surface area contributed by atoms with Gasteiger partial charge in [-0.2, -0.15) is 0 Å². The number of nitrogens with two attached hydrogens (primary N) is 1. The molecule has 106 valence electrons. The minimum Gasteiger partial charge on any atom is -0.495 e. The molecule has 0 aliphatic rings. The lowest BCUT2D eigenvalue weighted by atomic mass is 10.3. The molecule has 0 saturated heterocycles. The Bertz CT molecular complexity index is 571. The van der Waals surface area contributed by atoms with E-state index in [1.165, 1.54) is 30.2 Å². The molecular formula is C11H17N3O4S. The first kappa shape index (κ1) is 15.3. The molecule has 7 nitrogen and oxygen atoms in total. The number of benzene rings is 1. The Balaban J connectivity index is 3.10. The van der Waals surface area contributed by atoms with E-state index < -0.39 is 10.0 Å². The van der Waals surface area contributed by atoms with Crippen molar-refractivity contribution in [2.75, 3.05) is 26.0 Å². The SMILES string of the molecule is CCN(C)C(=O)Nc1ccc(OC)c(S(N)(=O)=O)c1. The molecule has 0 saturated carbocycles. The third-order valence-corrected chi connectivity index (χ3v) is 3.47. The Labute approximate surface area is 112 Å². The lowest BCUT2D eigenvalue weighted by Crippen LogP contribution is -2.31. The standard InChI is InChI=1S/C11H17N3O4S/c1-4-14(2)11(15)13-8-5-6-9(18-3)10(7-8)19(12,16)17/h5-7H,4H2,1-3H3,(H,13,15)(H2,12,16,17). The van der Waals surface area contributed by atoms with Crippen molar-refractivity contribution in [3.8, 4) is 5.75 Å². The number of nitrogens with one attached hydrogen (secondary N) is 1. The van der Waals surface area contributed by atoms with Crippen LogP contribution in [0.3, 0.4) is 0 Å². The van der Waals surface area contributed by atoms with Crippen molar-refractivity contribution in [3.63, 3.8) is 0 Å². The number of sulfonamides is 1. The molecule has 1 aromatic rings. The van der Waals surface area contributed by atoms with Gasteiger partial charge < -0.3 is 15.0 Å². The number of amides is 2. The van der Waals surface area contributed by atoms with E-state index in [0.717, 1.165) is 0 Å². The number of hydrogen-bond acceptors (Lipinski definition) is 4. The van der Waals surface area contributed by atoms with E-state index in [1.54, 1.807) is 7.05 Å². The molecule has 8 heteroatoms. The zero-order valence-corrected chi connectivity index (χ0v) is 11.8. The zero-order valence-electron chi connectivity index (χ0n) is 11.0. The number of rotatable bonds is 4. The maximum Gasteiger partial charge on any atom is 0.321 e. The maximum atomic E-state index is 11.7. The Morgan fingerprint density at radius 2 is 2.11 bits per heavy atom. The topological polar surface area (TPSA) is 102 Å². The second kappa shape index (κ2) is 5.89. The summed E-state index contributed by atoms with van der Waals surface area (Å²) >= 11 is 0. The molecule has 0 spiro atoms.